The van der Waals surface area contributed by atoms with E-state index in [2.05, 4.69) is 5.32 Å². The lowest BCUT2D eigenvalue weighted by Gasteiger charge is -2.28. The van der Waals surface area contributed by atoms with Gasteiger partial charge in [0, 0.05) is 19.2 Å². The highest BCUT2D eigenvalue weighted by Crippen LogP contribution is 2.12. The molecule has 20 heavy (non-hydrogen) atoms. The Morgan fingerprint density at radius 1 is 1.40 bits per heavy atom. The number of amides is 1. The number of likely N-dealkylation sites (N-methyl/N-ethyl adjacent to an activating group) is 1. The predicted molar refractivity (Wildman–Crippen MR) is 83.3 cm³/mol. The molecule has 1 saturated heterocycles. The lowest BCUT2D eigenvalue weighted by molar-refractivity contribution is -0.126. The van der Waals surface area contributed by atoms with Crippen LogP contribution in [0.25, 0.3) is 6.08 Å². The molecular weight excluding hydrogens is 248 g/mol. The Morgan fingerprint density at radius 3 is 2.85 bits per heavy atom. The zero-order valence-corrected chi connectivity index (χ0v) is 12.2. The third kappa shape index (κ3) is 4.49. The summed E-state index contributed by atoms with van der Waals surface area (Å²) in [6.45, 7) is 5.83. The molecule has 1 N–H and O–H groups in total. The Kier molecular flexibility index (Phi) is 5.81. The maximum atomic E-state index is 12.2. The Labute approximate surface area is 121 Å². The molecule has 0 bridgehead atoms. The molecule has 3 heteroatoms. The van der Waals surface area contributed by atoms with E-state index in [4.69, 9.17) is 0 Å². The zero-order valence-electron chi connectivity index (χ0n) is 12.2. The second kappa shape index (κ2) is 7.85. The van der Waals surface area contributed by atoms with Crippen molar-refractivity contribution < 1.29 is 4.79 Å². The zero-order chi connectivity index (χ0) is 14.2. The van der Waals surface area contributed by atoms with Crippen LogP contribution in [0.2, 0.25) is 0 Å². The molecule has 1 aliphatic rings. The van der Waals surface area contributed by atoms with Crippen molar-refractivity contribution in [1.29, 1.82) is 0 Å². The van der Waals surface area contributed by atoms with Crippen LogP contribution < -0.4 is 5.32 Å². The van der Waals surface area contributed by atoms with Crippen LogP contribution in [0.4, 0.5) is 0 Å². The SMILES string of the molecule is CCN(CC1CCCNC1)C(=O)/C=C/c1ccccc1. The number of carbonyl (C=O) groups excluding carboxylic acids is 1. The van der Waals surface area contributed by atoms with Gasteiger partial charge in [-0.3, -0.25) is 4.79 Å². The molecule has 1 aromatic carbocycles. The molecule has 1 unspecified atom stereocenters. The molecule has 1 fully saturated rings. The second-order valence-electron chi connectivity index (χ2n) is 5.33. The minimum absolute atomic E-state index is 0.113. The van der Waals surface area contributed by atoms with E-state index in [1.54, 1.807) is 6.08 Å². The van der Waals surface area contributed by atoms with Gasteiger partial charge in [0.1, 0.15) is 0 Å². The maximum Gasteiger partial charge on any atom is 0.246 e. The average Bonchev–Trinajstić information content (AvgIpc) is 2.52. The summed E-state index contributed by atoms with van der Waals surface area (Å²) in [5, 5.41) is 3.41. The van der Waals surface area contributed by atoms with Crippen molar-refractivity contribution in [3.63, 3.8) is 0 Å². The van der Waals surface area contributed by atoms with E-state index in [1.165, 1.54) is 12.8 Å². The van der Waals surface area contributed by atoms with E-state index >= 15 is 0 Å². The van der Waals surface area contributed by atoms with Crippen molar-refractivity contribution in [2.45, 2.75) is 19.8 Å². The van der Waals surface area contributed by atoms with Crippen molar-refractivity contribution >= 4 is 12.0 Å². The van der Waals surface area contributed by atoms with E-state index in [1.807, 2.05) is 48.2 Å². The third-order valence-corrected chi connectivity index (χ3v) is 3.79. The quantitative estimate of drug-likeness (QED) is 0.836. The molecule has 0 spiro atoms. The van der Waals surface area contributed by atoms with Crippen molar-refractivity contribution in [2.75, 3.05) is 26.2 Å². The van der Waals surface area contributed by atoms with E-state index in [0.717, 1.165) is 31.7 Å². The number of hydrogen-bond donors (Lipinski definition) is 1. The Hall–Kier alpha value is -1.61. The molecule has 1 aromatic rings. The number of piperidine rings is 1. The van der Waals surface area contributed by atoms with E-state index < -0.39 is 0 Å². The summed E-state index contributed by atoms with van der Waals surface area (Å²) in [5.41, 5.74) is 1.07. The van der Waals surface area contributed by atoms with Crippen LogP contribution in [0.3, 0.4) is 0 Å². The summed E-state index contributed by atoms with van der Waals surface area (Å²) in [4.78, 5) is 14.2. The van der Waals surface area contributed by atoms with Crippen LogP contribution in [-0.4, -0.2) is 37.0 Å². The fraction of sp³-hybridized carbons (Fsp3) is 0.471. The van der Waals surface area contributed by atoms with Crippen LogP contribution in [0, 0.1) is 5.92 Å². The fourth-order valence-electron chi connectivity index (χ4n) is 2.60. The van der Waals surface area contributed by atoms with Crippen LogP contribution in [0.1, 0.15) is 25.3 Å². The third-order valence-electron chi connectivity index (χ3n) is 3.79. The minimum Gasteiger partial charge on any atom is -0.339 e. The molecule has 108 valence electrons. The number of hydrogen-bond acceptors (Lipinski definition) is 2. The summed E-state index contributed by atoms with van der Waals surface area (Å²) in [5.74, 6) is 0.708. The highest BCUT2D eigenvalue weighted by atomic mass is 16.2. The maximum absolute atomic E-state index is 12.2. The highest BCUT2D eigenvalue weighted by molar-refractivity contribution is 5.91. The normalized spacial score (nSPS) is 19.1. The number of carbonyl (C=O) groups is 1. The molecule has 0 saturated carbocycles. The van der Waals surface area contributed by atoms with Crippen LogP contribution in [0.15, 0.2) is 36.4 Å². The van der Waals surface area contributed by atoms with Gasteiger partial charge in [0.25, 0.3) is 0 Å². The van der Waals surface area contributed by atoms with Gasteiger partial charge in [-0.25, -0.2) is 0 Å². The summed E-state index contributed by atoms with van der Waals surface area (Å²) in [6.07, 6.45) is 6.02. The van der Waals surface area contributed by atoms with Crippen molar-refractivity contribution in [1.82, 2.24) is 10.2 Å². The number of rotatable bonds is 5. The highest BCUT2D eigenvalue weighted by Gasteiger charge is 2.18. The number of nitrogens with zero attached hydrogens (tertiary/aromatic N) is 1. The van der Waals surface area contributed by atoms with Crippen molar-refractivity contribution in [3.8, 4) is 0 Å². The first-order valence-electron chi connectivity index (χ1n) is 7.52. The molecule has 1 aliphatic heterocycles. The molecule has 0 aliphatic carbocycles. The van der Waals surface area contributed by atoms with E-state index in [9.17, 15) is 4.79 Å². The fourth-order valence-corrected chi connectivity index (χ4v) is 2.60. The summed E-state index contributed by atoms with van der Waals surface area (Å²) < 4.78 is 0. The smallest absolute Gasteiger partial charge is 0.246 e. The van der Waals surface area contributed by atoms with Gasteiger partial charge in [-0.15, -0.1) is 0 Å². The van der Waals surface area contributed by atoms with Gasteiger partial charge in [0.2, 0.25) is 5.91 Å². The van der Waals surface area contributed by atoms with Gasteiger partial charge in [0.15, 0.2) is 0 Å². The molecule has 0 aromatic heterocycles. The van der Waals surface area contributed by atoms with Gasteiger partial charge in [-0.05, 0) is 50.4 Å². The molecule has 1 heterocycles. The Balaban J connectivity index is 1.89. The first-order valence-corrected chi connectivity index (χ1v) is 7.52. The van der Waals surface area contributed by atoms with Gasteiger partial charge in [-0.2, -0.15) is 0 Å². The summed E-state index contributed by atoms with van der Waals surface area (Å²) >= 11 is 0. The first kappa shape index (κ1) is 14.8. The molecule has 0 radical (unpaired) electrons. The van der Waals surface area contributed by atoms with Crippen LogP contribution in [-0.2, 0) is 4.79 Å². The molecule has 2 rings (SSSR count). The Bertz CT molecular complexity index is 436. The van der Waals surface area contributed by atoms with Crippen LogP contribution in [0.5, 0.6) is 0 Å². The lowest BCUT2D eigenvalue weighted by atomic mass is 9.99. The second-order valence-corrected chi connectivity index (χ2v) is 5.33. The predicted octanol–water partition coefficient (Wildman–Crippen LogP) is 2.55. The molecule has 1 amide bonds. The number of benzene rings is 1. The monoisotopic (exact) mass is 272 g/mol. The van der Waals surface area contributed by atoms with Gasteiger partial charge >= 0.3 is 0 Å². The van der Waals surface area contributed by atoms with E-state index in [-0.39, 0.29) is 5.91 Å². The van der Waals surface area contributed by atoms with Gasteiger partial charge < -0.3 is 10.2 Å². The largest absolute Gasteiger partial charge is 0.339 e. The molecular formula is C17H24N2O. The number of nitrogens with one attached hydrogen (secondary N) is 1. The van der Waals surface area contributed by atoms with Gasteiger partial charge in [-0.1, -0.05) is 30.3 Å². The van der Waals surface area contributed by atoms with Crippen molar-refractivity contribution in [2.24, 2.45) is 5.92 Å². The van der Waals surface area contributed by atoms with Crippen molar-refractivity contribution in [3.05, 3.63) is 42.0 Å². The Morgan fingerprint density at radius 2 is 2.20 bits per heavy atom. The van der Waals surface area contributed by atoms with Gasteiger partial charge in [0.05, 0.1) is 0 Å². The molecule has 1 atom stereocenters. The summed E-state index contributed by atoms with van der Waals surface area (Å²) in [7, 11) is 0. The molecule has 3 nitrogen and oxygen atoms in total. The van der Waals surface area contributed by atoms with E-state index in [0.29, 0.717) is 5.92 Å². The first-order chi connectivity index (χ1) is 9.79. The average molecular weight is 272 g/mol. The topological polar surface area (TPSA) is 32.3 Å². The minimum atomic E-state index is 0.113. The van der Waals surface area contributed by atoms with Crippen LogP contribution >= 0.6 is 0 Å². The lowest BCUT2D eigenvalue weighted by Crippen LogP contribution is -2.40. The standard InChI is InChI=1S/C17H24N2O/c1-2-19(14-16-9-6-12-18-13-16)17(20)11-10-15-7-4-3-5-8-15/h3-5,7-8,10-11,16,18H,2,6,9,12-14H2,1H3/b11-10+. The summed E-state index contributed by atoms with van der Waals surface area (Å²) in [6, 6.07) is 9.95.